The zero-order valence-corrected chi connectivity index (χ0v) is 10.3. The molecule has 0 saturated carbocycles. The Morgan fingerprint density at radius 2 is 2.11 bits per heavy atom. The maximum Gasteiger partial charge on any atom is 0.305 e. The van der Waals surface area contributed by atoms with Crippen LogP contribution in [0.4, 0.5) is 0 Å². The Bertz CT molecular complexity index is 445. The smallest absolute Gasteiger partial charge is 0.305 e. The van der Waals surface area contributed by atoms with Gasteiger partial charge >= 0.3 is 5.97 Å². The lowest BCUT2D eigenvalue weighted by atomic mass is 10.2. The minimum atomic E-state index is -0.973. The lowest BCUT2D eigenvalue weighted by Crippen LogP contribution is -2.38. The van der Waals surface area contributed by atoms with Gasteiger partial charge in [0.05, 0.1) is 6.42 Å². The number of rotatable bonds is 5. The zero-order chi connectivity index (χ0) is 13.7. The third kappa shape index (κ3) is 3.44. The number of pyridine rings is 1. The number of carbonyl (C=O) groups is 2. The molecule has 0 atom stereocenters. The van der Waals surface area contributed by atoms with Crippen LogP contribution >= 0.6 is 0 Å². The molecule has 0 aliphatic carbocycles. The number of carbonyl (C=O) groups excluding carboxylic acids is 1. The Morgan fingerprint density at radius 3 is 2.61 bits per heavy atom. The lowest BCUT2D eigenvalue weighted by Gasteiger charge is -2.25. The van der Waals surface area contributed by atoms with Crippen LogP contribution in [0.2, 0.25) is 0 Å². The summed E-state index contributed by atoms with van der Waals surface area (Å²) in [5.41, 5.74) is -0.0587. The summed E-state index contributed by atoms with van der Waals surface area (Å²) in [4.78, 5) is 27.9. The van der Waals surface area contributed by atoms with Crippen LogP contribution in [0.1, 0.15) is 30.8 Å². The third-order valence-corrected chi connectivity index (χ3v) is 2.44. The van der Waals surface area contributed by atoms with Gasteiger partial charge in [-0.3, -0.25) is 9.59 Å². The van der Waals surface area contributed by atoms with Crippen molar-refractivity contribution < 1.29 is 19.8 Å². The molecule has 0 unspecified atom stereocenters. The molecule has 1 amide bonds. The van der Waals surface area contributed by atoms with E-state index in [1.165, 1.54) is 23.2 Å². The highest BCUT2D eigenvalue weighted by molar-refractivity contribution is 5.95. The van der Waals surface area contributed by atoms with Crippen LogP contribution in [0.3, 0.4) is 0 Å². The largest absolute Gasteiger partial charge is 0.505 e. The second-order valence-electron chi connectivity index (χ2n) is 4.11. The van der Waals surface area contributed by atoms with Crippen molar-refractivity contribution in [2.45, 2.75) is 26.3 Å². The van der Waals surface area contributed by atoms with Gasteiger partial charge < -0.3 is 15.1 Å². The van der Waals surface area contributed by atoms with E-state index in [1.54, 1.807) is 13.8 Å². The fourth-order valence-corrected chi connectivity index (χ4v) is 1.51. The second kappa shape index (κ2) is 6.00. The molecule has 2 N–H and O–H groups in total. The van der Waals surface area contributed by atoms with Crippen molar-refractivity contribution in [3.05, 3.63) is 24.0 Å². The van der Waals surface area contributed by atoms with Crippen molar-refractivity contribution in [2.24, 2.45) is 0 Å². The number of hydrogen-bond donors (Lipinski definition) is 2. The highest BCUT2D eigenvalue weighted by atomic mass is 16.4. The molecule has 98 valence electrons. The van der Waals surface area contributed by atoms with Gasteiger partial charge in [0, 0.05) is 18.8 Å². The summed E-state index contributed by atoms with van der Waals surface area (Å²) in [7, 11) is 0. The van der Waals surface area contributed by atoms with Gasteiger partial charge in [-0.15, -0.1) is 0 Å². The molecule has 0 spiro atoms. The highest BCUT2D eigenvalue weighted by Gasteiger charge is 2.22. The topological polar surface area (TPSA) is 90.7 Å². The molecule has 18 heavy (non-hydrogen) atoms. The number of aliphatic carboxylic acids is 1. The summed E-state index contributed by atoms with van der Waals surface area (Å²) < 4.78 is 0. The Balaban J connectivity index is 2.90. The van der Waals surface area contributed by atoms with Gasteiger partial charge in [-0.25, -0.2) is 4.98 Å². The molecule has 1 aromatic heterocycles. The molecular formula is C12H16N2O4. The summed E-state index contributed by atoms with van der Waals surface area (Å²) in [5.74, 6) is -1.65. The monoisotopic (exact) mass is 252 g/mol. The molecule has 0 aliphatic rings. The number of carboxylic acids is 1. The fraction of sp³-hybridized carbons (Fsp3) is 0.417. The van der Waals surface area contributed by atoms with Crippen molar-refractivity contribution >= 4 is 11.9 Å². The SMILES string of the molecule is CC(C)N(CCC(=O)O)C(=O)c1ncccc1O. The minimum absolute atomic E-state index is 0.0587. The predicted octanol–water partition coefficient (Wildman–Crippen LogP) is 1.11. The van der Waals surface area contributed by atoms with Gasteiger partial charge in [0.2, 0.25) is 0 Å². The molecule has 0 aromatic carbocycles. The molecule has 0 radical (unpaired) electrons. The van der Waals surface area contributed by atoms with Crippen LogP contribution in [-0.2, 0) is 4.79 Å². The first-order chi connectivity index (χ1) is 8.43. The molecule has 1 rings (SSSR count). The van der Waals surface area contributed by atoms with Crippen LogP contribution in [0.15, 0.2) is 18.3 Å². The molecule has 6 nitrogen and oxygen atoms in total. The highest BCUT2D eigenvalue weighted by Crippen LogP contribution is 2.16. The van der Waals surface area contributed by atoms with E-state index < -0.39 is 11.9 Å². The number of carboxylic acid groups (broad SMARTS) is 1. The maximum atomic E-state index is 12.1. The zero-order valence-electron chi connectivity index (χ0n) is 10.3. The van der Waals surface area contributed by atoms with E-state index in [2.05, 4.69) is 4.98 Å². The van der Waals surface area contributed by atoms with Crippen molar-refractivity contribution in [3.8, 4) is 5.75 Å². The van der Waals surface area contributed by atoms with E-state index in [1.807, 2.05) is 0 Å². The summed E-state index contributed by atoms with van der Waals surface area (Å²) in [6, 6.07) is 2.72. The number of amides is 1. The average Bonchev–Trinajstić information content (AvgIpc) is 2.28. The van der Waals surface area contributed by atoms with E-state index in [-0.39, 0.29) is 30.5 Å². The van der Waals surface area contributed by atoms with Crippen molar-refractivity contribution in [1.29, 1.82) is 0 Å². The number of nitrogens with zero attached hydrogens (tertiary/aromatic N) is 2. The Hall–Kier alpha value is -2.11. The molecule has 0 bridgehead atoms. The van der Waals surface area contributed by atoms with Crippen LogP contribution in [0.25, 0.3) is 0 Å². The Labute approximate surface area is 105 Å². The molecule has 0 aliphatic heterocycles. The van der Waals surface area contributed by atoms with Gasteiger partial charge in [-0.1, -0.05) is 0 Å². The fourth-order valence-electron chi connectivity index (χ4n) is 1.51. The predicted molar refractivity (Wildman–Crippen MR) is 64.3 cm³/mol. The minimum Gasteiger partial charge on any atom is -0.505 e. The van der Waals surface area contributed by atoms with Crippen LogP contribution in [0.5, 0.6) is 5.75 Å². The van der Waals surface area contributed by atoms with Gasteiger partial charge in [0.1, 0.15) is 5.75 Å². The molecular weight excluding hydrogens is 236 g/mol. The second-order valence-corrected chi connectivity index (χ2v) is 4.11. The molecule has 6 heteroatoms. The first-order valence-corrected chi connectivity index (χ1v) is 5.60. The summed E-state index contributed by atoms with van der Waals surface area (Å²) in [6.07, 6.45) is 1.26. The summed E-state index contributed by atoms with van der Waals surface area (Å²) in [5, 5.41) is 18.2. The van der Waals surface area contributed by atoms with E-state index >= 15 is 0 Å². The summed E-state index contributed by atoms with van der Waals surface area (Å²) >= 11 is 0. The molecule has 1 heterocycles. The van der Waals surface area contributed by atoms with Crippen molar-refractivity contribution in [2.75, 3.05) is 6.54 Å². The van der Waals surface area contributed by atoms with E-state index in [0.29, 0.717) is 0 Å². The van der Waals surface area contributed by atoms with Crippen molar-refractivity contribution in [3.63, 3.8) is 0 Å². The molecule has 0 fully saturated rings. The molecule has 1 aromatic rings. The van der Waals surface area contributed by atoms with Crippen molar-refractivity contribution in [1.82, 2.24) is 9.88 Å². The van der Waals surface area contributed by atoms with Crippen LogP contribution < -0.4 is 0 Å². The summed E-state index contributed by atoms with van der Waals surface area (Å²) in [6.45, 7) is 3.64. The third-order valence-electron chi connectivity index (χ3n) is 2.44. The van der Waals surface area contributed by atoms with Crippen LogP contribution in [0, 0.1) is 0 Å². The standard InChI is InChI=1S/C12H16N2O4/c1-8(2)14(7-5-10(16)17)12(18)11-9(15)4-3-6-13-11/h3-4,6,8,15H,5,7H2,1-2H3,(H,16,17). The maximum absolute atomic E-state index is 12.1. The number of hydrogen-bond acceptors (Lipinski definition) is 4. The van der Waals surface area contributed by atoms with Gasteiger partial charge in [0.15, 0.2) is 5.69 Å². The van der Waals surface area contributed by atoms with Gasteiger partial charge in [-0.05, 0) is 26.0 Å². The van der Waals surface area contributed by atoms with Gasteiger partial charge in [-0.2, -0.15) is 0 Å². The van der Waals surface area contributed by atoms with Gasteiger partial charge in [0.25, 0.3) is 5.91 Å². The molecule has 0 saturated heterocycles. The lowest BCUT2D eigenvalue weighted by molar-refractivity contribution is -0.137. The van der Waals surface area contributed by atoms with E-state index in [4.69, 9.17) is 5.11 Å². The first kappa shape index (κ1) is 14.0. The average molecular weight is 252 g/mol. The Kier molecular flexibility index (Phi) is 4.65. The van der Waals surface area contributed by atoms with E-state index in [9.17, 15) is 14.7 Å². The van der Waals surface area contributed by atoms with E-state index in [0.717, 1.165) is 0 Å². The van der Waals surface area contributed by atoms with Crippen LogP contribution in [-0.4, -0.2) is 44.6 Å². The Morgan fingerprint density at radius 1 is 1.44 bits per heavy atom. The first-order valence-electron chi connectivity index (χ1n) is 5.60. The normalized spacial score (nSPS) is 10.4. The number of aromatic hydroxyl groups is 1. The number of aromatic nitrogens is 1. The quantitative estimate of drug-likeness (QED) is 0.819.